The molecular weight excluding hydrogens is 424 g/mol. The molecule has 162 valence electrons. The summed E-state index contributed by atoms with van der Waals surface area (Å²) in [6.07, 6.45) is 0.873. The molecule has 1 aliphatic rings. The lowest BCUT2D eigenvalue weighted by atomic mass is 9.85. The molecule has 1 aliphatic carbocycles. The lowest BCUT2D eigenvalue weighted by molar-refractivity contribution is 0.103. The van der Waals surface area contributed by atoms with E-state index >= 15 is 0 Å². The largest absolute Gasteiger partial charge is 0.289 e. The summed E-state index contributed by atoms with van der Waals surface area (Å²) in [5, 5.41) is 1.68. The van der Waals surface area contributed by atoms with E-state index in [1.165, 1.54) is 5.56 Å². The van der Waals surface area contributed by atoms with Gasteiger partial charge in [-0.15, -0.1) is 11.3 Å². The summed E-state index contributed by atoms with van der Waals surface area (Å²) in [7, 11) is 0. The van der Waals surface area contributed by atoms with Crippen LogP contribution in [0.4, 0.5) is 0 Å². The molecule has 2 nitrogen and oxygen atoms in total. The Morgan fingerprint density at radius 3 is 1.91 bits per heavy atom. The van der Waals surface area contributed by atoms with E-state index in [-0.39, 0.29) is 11.2 Å². The van der Waals surface area contributed by atoms with Gasteiger partial charge in [-0.3, -0.25) is 9.59 Å². The average Bonchev–Trinajstić information content (AvgIpc) is 2.84. The molecule has 0 radical (unpaired) electrons. The smallest absolute Gasteiger partial charge is 0.195 e. The number of fused-ring (bicyclic) bond motifs is 4. The molecule has 6 rings (SSSR count). The molecule has 0 fully saturated rings. The van der Waals surface area contributed by atoms with Gasteiger partial charge in [0, 0.05) is 31.3 Å². The van der Waals surface area contributed by atoms with Gasteiger partial charge >= 0.3 is 0 Å². The summed E-state index contributed by atoms with van der Waals surface area (Å²) < 4.78 is 2.21. The average molecular weight is 449 g/mol. The Hall–Kier alpha value is -3.56. The van der Waals surface area contributed by atoms with Crippen molar-refractivity contribution in [3.05, 3.63) is 129 Å². The summed E-state index contributed by atoms with van der Waals surface area (Å²) in [6.45, 7) is 4.34. The van der Waals surface area contributed by atoms with Gasteiger partial charge in [-0.1, -0.05) is 86.6 Å². The fourth-order valence-corrected chi connectivity index (χ4v) is 5.77. The highest BCUT2D eigenvalue weighted by atomic mass is 32.1. The van der Waals surface area contributed by atoms with Crippen molar-refractivity contribution in [2.24, 2.45) is 0 Å². The standard InChI is InChI=1S/C16H14OS.C14H10O/c1-10(2)11-7-5-8-13-15(17)12-6-3-4-9-14(12)18-16(11)13;15-14-12-7-3-1-5-10(12)9-11-6-2-4-8-13(11)14/h3-10H,1-2H3;1-8H,9H2. The van der Waals surface area contributed by atoms with Crippen LogP contribution in [0.25, 0.3) is 20.2 Å². The highest BCUT2D eigenvalue weighted by molar-refractivity contribution is 7.24. The molecular formula is C30H24O2S. The zero-order chi connectivity index (χ0) is 22.9. The Labute approximate surface area is 197 Å². The molecule has 0 atom stereocenters. The maximum atomic E-state index is 12.5. The van der Waals surface area contributed by atoms with E-state index in [0.29, 0.717) is 5.92 Å². The second kappa shape index (κ2) is 8.76. The van der Waals surface area contributed by atoms with Crippen molar-refractivity contribution in [3.63, 3.8) is 0 Å². The normalized spacial score (nSPS) is 12.3. The molecule has 0 amide bonds. The number of carbonyl (C=O) groups excluding carboxylic acids is 1. The molecule has 4 aromatic carbocycles. The van der Waals surface area contributed by atoms with Crippen molar-refractivity contribution in [1.29, 1.82) is 0 Å². The summed E-state index contributed by atoms with van der Waals surface area (Å²) in [5.41, 5.74) is 5.41. The van der Waals surface area contributed by atoms with E-state index in [1.807, 2.05) is 84.9 Å². The minimum absolute atomic E-state index is 0.154. The van der Waals surface area contributed by atoms with Crippen molar-refractivity contribution in [3.8, 4) is 0 Å². The van der Waals surface area contributed by atoms with E-state index in [1.54, 1.807) is 11.3 Å². The zero-order valence-electron chi connectivity index (χ0n) is 18.7. The molecule has 0 bridgehead atoms. The molecule has 0 saturated heterocycles. The van der Waals surface area contributed by atoms with E-state index in [2.05, 4.69) is 19.9 Å². The van der Waals surface area contributed by atoms with Gasteiger partial charge in [-0.2, -0.15) is 0 Å². The van der Waals surface area contributed by atoms with E-state index in [4.69, 9.17) is 0 Å². The van der Waals surface area contributed by atoms with Crippen LogP contribution < -0.4 is 5.43 Å². The molecule has 0 unspecified atom stereocenters. The number of hydrogen-bond donors (Lipinski definition) is 0. The summed E-state index contributed by atoms with van der Waals surface area (Å²) >= 11 is 1.72. The number of hydrogen-bond acceptors (Lipinski definition) is 3. The Morgan fingerprint density at radius 2 is 1.24 bits per heavy atom. The van der Waals surface area contributed by atoms with Crippen LogP contribution in [-0.4, -0.2) is 5.78 Å². The molecule has 0 saturated carbocycles. The van der Waals surface area contributed by atoms with Crippen LogP contribution in [0.5, 0.6) is 0 Å². The summed E-state index contributed by atoms with van der Waals surface area (Å²) in [6, 6.07) is 29.6. The molecule has 5 aromatic rings. The molecule has 0 N–H and O–H groups in total. The van der Waals surface area contributed by atoms with Crippen LogP contribution in [0.3, 0.4) is 0 Å². The van der Waals surface area contributed by atoms with E-state index in [9.17, 15) is 9.59 Å². The van der Waals surface area contributed by atoms with Gasteiger partial charge in [0.25, 0.3) is 0 Å². The summed E-state index contributed by atoms with van der Waals surface area (Å²) in [5.74, 6) is 0.595. The van der Waals surface area contributed by atoms with Crippen LogP contribution in [-0.2, 0) is 6.42 Å². The third-order valence-electron chi connectivity index (χ3n) is 6.16. The molecule has 3 heteroatoms. The highest BCUT2D eigenvalue weighted by Crippen LogP contribution is 2.31. The van der Waals surface area contributed by atoms with Crippen molar-refractivity contribution >= 4 is 37.3 Å². The van der Waals surface area contributed by atoms with E-state index in [0.717, 1.165) is 48.8 Å². The van der Waals surface area contributed by atoms with Gasteiger partial charge in [-0.25, -0.2) is 0 Å². The first kappa shape index (κ1) is 21.3. The van der Waals surface area contributed by atoms with Crippen molar-refractivity contribution in [2.75, 3.05) is 0 Å². The van der Waals surface area contributed by atoms with Crippen molar-refractivity contribution in [1.82, 2.24) is 0 Å². The minimum atomic E-state index is 0.154. The monoisotopic (exact) mass is 448 g/mol. The maximum absolute atomic E-state index is 12.5. The van der Waals surface area contributed by atoms with Gasteiger partial charge < -0.3 is 0 Å². The second-order valence-corrected chi connectivity index (χ2v) is 9.68. The SMILES string of the molecule is CC(C)c1cccc2c(=O)c3ccccc3sc12.O=C1c2ccccc2Cc2ccccc21. The number of carbonyl (C=O) groups is 1. The predicted octanol–water partition coefficient (Wildman–Crippen LogP) is 7.36. The summed E-state index contributed by atoms with van der Waals surface area (Å²) in [4.78, 5) is 24.6. The molecule has 0 aliphatic heterocycles. The topological polar surface area (TPSA) is 34.1 Å². The lowest BCUT2D eigenvalue weighted by Gasteiger charge is -2.17. The van der Waals surface area contributed by atoms with Gasteiger partial charge in [0.05, 0.1) is 0 Å². The van der Waals surface area contributed by atoms with Crippen LogP contribution in [0.1, 0.15) is 52.4 Å². The fourth-order valence-electron chi connectivity index (χ4n) is 4.44. The quantitative estimate of drug-likeness (QED) is 0.246. The number of benzene rings is 4. The number of rotatable bonds is 1. The molecule has 0 spiro atoms. The Kier molecular flexibility index (Phi) is 5.65. The Balaban J connectivity index is 0.000000140. The molecule has 33 heavy (non-hydrogen) atoms. The van der Waals surface area contributed by atoms with Gasteiger partial charge in [0.2, 0.25) is 0 Å². The Bertz CT molecular complexity index is 1510. The molecule has 1 heterocycles. The highest BCUT2D eigenvalue weighted by Gasteiger charge is 2.21. The van der Waals surface area contributed by atoms with Crippen LogP contribution in [0.2, 0.25) is 0 Å². The maximum Gasteiger partial charge on any atom is 0.195 e. The third-order valence-corrected chi connectivity index (χ3v) is 7.40. The lowest BCUT2D eigenvalue weighted by Crippen LogP contribution is -2.14. The first-order chi connectivity index (χ1) is 16.0. The molecule has 1 aromatic heterocycles. The van der Waals surface area contributed by atoms with Crippen LogP contribution in [0, 0.1) is 0 Å². The van der Waals surface area contributed by atoms with Crippen molar-refractivity contribution in [2.45, 2.75) is 26.2 Å². The number of ketones is 1. The fraction of sp³-hybridized carbons (Fsp3) is 0.133. The van der Waals surface area contributed by atoms with Crippen LogP contribution >= 0.6 is 11.3 Å². The third kappa shape index (κ3) is 3.90. The van der Waals surface area contributed by atoms with Gasteiger partial charge in [0.15, 0.2) is 11.2 Å². The Morgan fingerprint density at radius 1 is 0.667 bits per heavy atom. The minimum Gasteiger partial charge on any atom is -0.289 e. The van der Waals surface area contributed by atoms with Gasteiger partial charge in [0.1, 0.15) is 0 Å². The zero-order valence-corrected chi connectivity index (χ0v) is 19.5. The predicted molar refractivity (Wildman–Crippen MR) is 139 cm³/mol. The van der Waals surface area contributed by atoms with E-state index < -0.39 is 0 Å². The van der Waals surface area contributed by atoms with Crippen LogP contribution in [0.15, 0.2) is 95.8 Å². The first-order valence-corrected chi connectivity index (χ1v) is 12.0. The van der Waals surface area contributed by atoms with Gasteiger partial charge in [-0.05, 0) is 47.2 Å². The first-order valence-electron chi connectivity index (χ1n) is 11.2. The second-order valence-electron chi connectivity index (χ2n) is 8.63. The van der Waals surface area contributed by atoms with Crippen molar-refractivity contribution < 1.29 is 4.79 Å².